The molecule has 1 fully saturated rings. The second-order valence-electron chi connectivity index (χ2n) is 6.09. The lowest BCUT2D eigenvalue weighted by Crippen LogP contribution is -2.39. The Morgan fingerprint density at radius 1 is 1.32 bits per heavy atom. The van der Waals surface area contributed by atoms with Gasteiger partial charge >= 0.3 is 5.97 Å². The number of hydrogen-bond donors (Lipinski definition) is 2. The van der Waals surface area contributed by atoms with Crippen LogP contribution in [-0.2, 0) is 11.3 Å². The molecule has 8 heteroatoms. The summed E-state index contributed by atoms with van der Waals surface area (Å²) in [5.74, 6) is -2.54. The fourth-order valence-electron chi connectivity index (χ4n) is 3.05. The molecule has 1 saturated heterocycles. The zero-order chi connectivity index (χ0) is 18.0. The summed E-state index contributed by atoms with van der Waals surface area (Å²) in [6.45, 7) is 0.814. The minimum atomic E-state index is -0.966. The molecule has 1 amide bonds. The van der Waals surface area contributed by atoms with Crippen molar-refractivity contribution in [2.24, 2.45) is 0 Å². The van der Waals surface area contributed by atoms with Crippen molar-refractivity contribution in [1.82, 2.24) is 14.7 Å². The number of halogens is 1. The fraction of sp³-hybridized carbons (Fsp3) is 0.353. The molecule has 2 heterocycles. The number of aromatic nitrogens is 2. The van der Waals surface area contributed by atoms with Crippen molar-refractivity contribution < 1.29 is 24.2 Å². The van der Waals surface area contributed by atoms with Crippen LogP contribution in [0.25, 0.3) is 0 Å². The van der Waals surface area contributed by atoms with E-state index in [-0.39, 0.29) is 23.9 Å². The van der Waals surface area contributed by atoms with E-state index >= 15 is 0 Å². The number of rotatable bonds is 4. The van der Waals surface area contributed by atoms with E-state index in [0.29, 0.717) is 13.1 Å². The summed E-state index contributed by atoms with van der Waals surface area (Å²) >= 11 is 0. The maximum absolute atomic E-state index is 13.2. The molecule has 0 aliphatic carbocycles. The number of benzene rings is 1. The summed E-state index contributed by atoms with van der Waals surface area (Å²) in [4.78, 5) is 25.0. The number of hydrogen-bond acceptors (Lipinski definition) is 4. The minimum absolute atomic E-state index is 0.0155. The Hall–Kier alpha value is -2.90. The number of carboxylic acids is 1. The van der Waals surface area contributed by atoms with E-state index < -0.39 is 17.5 Å². The van der Waals surface area contributed by atoms with Crippen LogP contribution in [0.15, 0.2) is 30.5 Å². The number of phenols is 1. The van der Waals surface area contributed by atoms with Crippen LogP contribution in [0.3, 0.4) is 0 Å². The monoisotopic (exact) mass is 347 g/mol. The van der Waals surface area contributed by atoms with Crippen molar-refractivity contribution in [3.05, 3.63) is 47.5 Å². The fourth-order valence-corrected chi connectivity index (χ4v) is 3.05. The third-order valence-electron chi connectivity index (χ3n) is 4.28. The topological polar surface area (TPSA) is 95.7 Å². The molecule has 0 unspecified atom stereocenters. The normalized spacial score (nSPS) is 17.5. The quantitative estimate of drug-likeness (QED) is 0.880. The predicted octanol–water partition coefficient (Wildman–Crippen LogP) is 1.83. The summed E-state index contributed by atoms with van der Waals surface area (Å²) in [6, 6.07) is 5.31. The molecule has 0 spiro atoms. The van der Waals surface area contributed by atoms with Gasteiger partial charge in [0, 0.05) is 30.8 Å². The van der Waals surface area contributed by atoms with E-state index in [9.17, 15) is 19.1 Å². The Labute approximate surface area is 143 Å². The highest BCUT2D eigenvalue weighted by Gasteiger charge is 2.27. The summed E-state index contributed by atoms with van der Waals surface area (Å²) in [5.41, 5.74) is 0.983. The minimum Gasteiger partial charge on any atom is -0.505 e. The van der Waals surface area contributed by atoms with Gasteiger partial charge < -0.3 is 15.1 Å². The number of carbonyl (C=O) groups is 2. The van der Waals surface area contributed by atoms with E-state index in [4.69, 9.17) is 5.11 Å². The Bertz CT molecular complexity index is 805. The molecule has 1 aliphatic rings. The summed E-state index contributed by atoms with van der Waals surface area (Å²) in [5, 5.41) is 22.5. The second kappa shape index (κ2) is 6.92. The first-order valence-corrected chi connectivity index (χ1v) is 7.97. The van der Waals surface area contributed by atoms with Crippen LogP contribution in [0.4, 0.5) is 4.39 Å². The first-order valence-electron chi connectivity index (χ1n) is 7.97. The smallest absolute Gasteiger partial charge is 0.325 e. The van der Waals surface area contributed by atoms with Crippen molar-refractivity contribution in [3.8, 4) is 5.75 Å². The van der Waals surface area contributed by atoms with Gasteiger partial charge in [-0.1, -0.05) is 0 Å². The van der Waals surface area contributed by atoms with E-state index in [1.54, 1.807) is 17.2 Å². The molecule has 2 N–H and O–H groups in total. The molecule has 0 saturated carbocycles. The first kappa shape index (κ1) is 16.9. The highest BCUT2D eigenvalue weighted by Crippen LogP contribution is 2.27. The number of carbonyl (C=O) groups excluding carboxylic acids is 1. The van der Waals surface area contributed by atoms with Gasteiger partial charge in [0.1, 0.15) is 6.54 Å². The lowest BCUT2D eigenvalue weighted by Gasteiger charge is -2.32. The molecule has 1 aromatic heterocycles. The third-order valence-corrected chi connectivity index (χ3v) is 4.28. The van der Waals surface area contributed by atoms with Crippen LogP contribution in [0.1, 0.15) is 34.8 Å². The number of phenolic OH excluding ortho intramolecular Hbond substituents is 1. The van der Waals surface area contributed by atoms with Gasteiger partial charge in [0.05, 0.1) is 5.69 Å². The van der Waals surface area contributed by atoms with Gasteiger partial charge in [0.15, 0.2) is 11.6 Å². The number of likely N-dealkylation sites (tertiary alicyclic amines) is 1. The zero-order valence-electron chi connectivity index (χ0n) is 13.4. The molecular formula is C17H18FN3O4. The molecule has 2 aromatic rings. The van der Waals surface area contributed by atoms with Gasteiger partial charge in [-0.2, -0.15) is 5.10 Å². The maximum Gasteiger partial charge on any atom is 0.325 e. The van der Waals surface area contributed by atoms with Crippen LogP contribution in [0, 0.1) is 5.82 Å². The maximum atomic E-state index is 13.2. The number of aliphatic carboxylic acids is 1. The van der Waals surface area contributed by atoms with Gasteiger partial charge in [-0.3, -0.25) is 14.3 Å². The average molecular weight is 347 g/mol. The molecule has 3 rings (SSSR count). The summed E-state index contributed by atoms with van der Waals surface area (Å²) in [7, 11) is 0. The van der Waals surface area contributed by atoms with Gasteiger partial charge in [-0.05, 0) is 37.1 Å². The van der Waals surface area contributed by atoms with Crippen molar-refractivity contribution in [3.63, 3.8) is 0 Å². The van der Waals surface area contributed by atoms with Crippen molar-refractivity contribution in [2.45, 2.75) is 25.3 Å². The summed E-state index contributed by atoms with van der Waals surface area (Å²) < 4.78 is 14.5. The first-order chi connectivity index (χ1) is 11.9. The van der Waals surface area contributed by atoms with Gasteiger partial charge in [-0.25, -0.2) is 4.39 Å². The average Bonchev–Trinajstić information content (AvgIpc) is 3.04. The van der Waals surface area contributed by atoms with Gasteiger partial charge in [0.25, 0.3) is 5.91 Å². The Kier molecular flexibility index (Phi) is 4.69. The SMILES string of the molecule is O=C(O)Cn1ccc([C@H]2CCCN(C(=O)c3ccc(F)c(O)c3)C2)n1. The van der Waals surface area contributed by atoms with E-state index in [1.807, 2.05) is 0 Å². The number of aromatic hydroxyl groups is 1. The van der Waals surface area contributed by atoms with E-state index in [1.165, 1.54) is 10.7 Å². The highest BCUT2D eigenvalue weighted by molar-refractivity contribution is 5.94. The van der Waals surface area contributed by atoms with Gasteiger partial charge in [0.2, 0.25) is 0 Å². The molecule has 132 valence electrons. The number of amides is 1. The van der Waals surface area contributed by atoms with Crippen LogP contribution in [0.5, 0.6) is 5.75 Å². The predicted molar refractivity (Wildman–Crippen MR) is 85.8 cm³/mol. The standard InChI is InChI=1S/C17H18FN3O4/c18-13-4-3-11(8-15(13)22)17(25)20-6-1-2-12(9-20)14-5-7-21(19-14)10-16(23)24/h3-5,7-8,12,22H,1-2,6,9-10H2,(H,23,24)/t12-/m0/s1. The lowest BCUT2D eigenvalue weighted by molar-refractivity contribution is -0.137. The molecule has 1 aliphatic heterocycles. The largest absolute Gasteiger partial charge is 0.505 e. The van der Waals surface area contributed by atoms with E-state index in [2.05, 4.69) is 5.10 Å². The molecule has 25 heavy (non-hydrogen) atoms. The highest BCUT2D eigenvalue weighted by atomic mass is 19.1. The van der Waals surface area contributed by atoms with E-state index in [0.717, 1.165) is 30.7 Å². The lowest BCUT2D eigenvalue weighted by atomic mass is 9.94. The molecule has 7 nitrogen and oxygen atoms in total. The van der Waals surface area contributed by atoms with Crippen molar-refractivity contribution in [2.75, 3.05) is 13.1 Å². The number of nitrogens with zero attached hydrogens (tertiary/aromatic N) is 3. The Morgan fingerprint density at radius 3 is 2.84 bits per heavy atom. The Balaban J connectivity index is 1.72. The second-order valence-corrected chi connectivity index (χ2v) is 6.09. The number of piperidine rings is 1. The molecule has 1 atom stereocenters. The number of carboxylic acid groups (broad SMARTS) is 1. The van der Waals surface area contributed by atoms with Crippen molar-refractivity contribution in [1.29, 1.82) is 0 Å². The van der Waals surface area contributed by atoms with Gasteiger partial charge in [-0.15, -0.1) is 0 Å². The molecule has 0 radical (unpaired) electrons. The van der Waals surface area contributed by atoms with Crippen LogP contribution >= 0.6 is 0 Å². The Morgan fingerprint density at radius 2 is 2.12 bits per heavy atom. The van der Waals surface area contributed by atoms with Crippen LogP contribution in [0.2, 0.25) is 0 Å². The molecule has 0 bridgehead atoms. The molecular weight excluding hydrogens is 329 g/mol. The van der Waals surface area contributed by atoms with Crippen LogP contribution in [-0.4, -0.2) is 49.9 Å². The molecule has 1 aromatic carbocycles. The summed E-state index contributed by atoms with van der Waals surface area (Å²) in [6.07, 6.45) is 3.25. The third kappa shape index (κ3) is 3.78. The van der Waals surface area contributed by atoms with Crippen LogP contribution < -0.4 is 0 Å². The zero-order valence-corrected chi connectivity index (χ0v) is 13.4. The van der Waals surface area contributed by atoms with Crippen molar-refractivity contribution >= 4 is 11.9 Å².